The van der Waals surface area contributed by atoms with Gasteiger partial charge < -0.3 is 5.11 Å². The van der Waals surface area contributed by atoms with E-state index in [9.17, 15) is 9.90 Å². The van der Waals surface area contributed by atoms with E-state index in [-0.39, 0.29) is 12.1 Å². The summed E-state index contributed by atoms with van der Waals surface area (Å²) in [5, 5.41) is 16.6. The van der Waals surface area contributed by atoms with Crippen molar-refractivity contribution in [3.05, 3.63) is 100 Å². The molecule has 0 saturated carbocycles. The molecule has 4 rings (SSSR count). The Morgan fingerprint density at radius 2 is 1.52 bits per heavy atom. The summed E-state index contributed by atoms with van der Waals surface area (Å²) in [5.41, 5.74) is 3.41. The number of aryl methyl sites for hydroxylation is 1. The highest BCUT2D eigenvalue weighted by Gasteiger charge is 2.15. The number of hydrogen-bond donors (Lipinski definition) is 1. The van der Waals surface area contributed by atoms with E-state index in [0.717, 1.165) is 27.8 Å². The molecule has 1 aromatic heterocycles. The van der Waals surface area contributed by atoms with E-state index in [1.54, 1.807) is 0 Å². The van der Waals surface area contributed by atoms with Crippen molar-refractivity contribution in [1.29, 1.82) is 0 Å². The molecule has 0 fully saturated rings. The van der Waals surface area contributed by atoms with Crippen LogP contribution in [-0.2, 0) is 6.54 Å². The molecule has 4 heteroatoms. The molecule has 0 aliphatic carbocycles. The SMILES string of the molecule is Cc1ccc(-c2nn(CC(O)c3ccccc3)c(=O)c3ccccc23)cc1. The largest absolute Gasteiger partial charge is 0.386 e. The van der Waals surface area contributed by atoms with Crippen LogP contribution in [0.3, 0.4) is 0 Å². The predicted molar refractivity (Wildman–Crippen MR) is 108 cm³/mol. The summed E-state index contributed by atoms with van der Waals surface area (Å²) in [7, 11) is 0. The summed E-state index contributed by atoms with van der Waals surface area (Å²) < 4.78 is 1.37. The third-order valence-corrected chi connectivity index (χ3v) is 4.72. The topological polar surface area (TPSA) is 55.1 Å². The molecular weight excluding hydrogens is 336 g/mol. The van der Waals surface area contributed by atoms with Crippen molar-refractivity contribution in [2.45, 2.75) is 19.6 Å². The van der Waals surface area contributed by atoms with Gasteiger partial charge in [-0.3, -0.25) is 4.79 Å². The van der Waals surface area contributed by atoms with Crippen molar-refractivity contribution in [2.24, 2.45) is 0 Å². The summed E-state index contributed by atoms with van der Waals surface area (Å²) >= 11 is 0. The van der Waals surface area contributed by atoms with Gasteiger partial charge >= 0.3 is 0 Å². The summed E-state index contributed by atoms with van der Waals surface area (Å²) in [6.07, 6.45) is -0.802. The second-order valence-corrected chi connectivity index (χ2v) is 6.67. The minimum absolute atomic E-state index is 0.104. The van der Waals surface area contributed by atoms with Gasteiger partial charge in [0, 0.05) is 10.9 Å². The molecule has 27 heavy (non-hydrogen) atoms. The molecule has 4 aromatic rings. The third-order valence-electron chi connectivity index (χ3n) is 4.72. The van der Waals surface area contributed by atoms with Crippen LogP contribution in [-0.4, -0.2) is 14.9 Å². The lowest BCUT2D eigenvalue weighted by Gasteiger charge is -2.15. The summed E-state index contributed by atoms with van der Waals surface area (Å²) in [6.45, 7) is 2.14. The smallest absolute Gasteiger partial charge is 0.274 e. The molecule has 0 aliphatic rings. The highest BCUT2D eigenvalue weighted by atomic mass is 16.3. The number of hydrogen-bond acceptors (Lipinski definition) is 3. The first kappa shape index (κ1) is 17.2. The number of benzene rings is 3. The van der Waals surface area contributed by atoms with Crippen LogP contribution in [0.1, 0.15) is 17.2 Å². The quantitative estimate of drug-likeness (QED) is 0.599. The Bertz CT molecular complexity index is 1130. The molecule has 0 saturated heterocycles. The molecular formula is C23H20N2O2. The first-order valence-corrected chi connectivity index (χ1v) is 8.93. The zero-order chi connectivity index (χ0) is 18.8. The fourth-order valence-corrected chi connectivity index (χ4v) is 3.23. The first-order chi connectivity index (χ1) is 13.1. The minimum atomic E-state index is -0.802. The standard InChI is InChI=1S/C23H20N2O2/c1-16-11-13-18(14-12-16)22-19-9-5-6-10-20(19)23(27)25(24-22)15-21(26)17-7-3-2-4-8-17/h2-14,21,26H,15H2,1H3. The Kier molecular flexibility index (Phi) is 4.57. The molecule has 0 radical (unpaired) electrons. The number of nitrogens with zero attached hydrogens (tertiary/aromatic N) is 2. The molecule has 0 spiro atoms. The van der Waals surface area contributed by atoms with Gasteiger partial charge in [0.15, 0.2) is 0 Å². The molecule has 0 amide bonds. The van der Waals surface area contributed by atoms with Crippen LogP contribution < -0.4 is 5.56 Å². The van der Waals surface area contributed by atoms with E-state index in [4.69, 9.17) is 0 Å². The van der Waals surface area contributed by atoms with Gasteiger partial charge in [0.2, 0.25) is 0 Å². The highest BCUT2D eigenvalue weighted by Crippen LogP contribution is 2.25. The van der Waals surface area contributed by atoms with E-state index < -0.39 is 6.10 Å². The van der Waals surface area contributed by atoms with E-state index in [0.29, 0.717) is 5.39 Å². The van der Waals surface area contributed by atoms with Crippen LogP contribution in [0, 0.1) is 6.92 Å². The summed E-state index contributed by atoms with van der Waals surface area (Å²) in [4.78, 5) is 12.9. The van der Waals surface area contributed by atoms with Crippen molar-refractivity contribution < 1.29 is 5.11 Å². The molecule has 1 atom stereocenters. The number of aliphatic hydroxyl groups is 1. The van der Waals surface area contributed by atoms with Gasteiger partial charge in [0.1, 0.15) is 0 Å². The van der Waals surface area contributed by atoms with Gasteiger partial charge in [-0.15, -0.1) is 0 Å². The van der Waals surface area contributed by atoms with Gasteiger partial charge in [-0.05, 0) is 18.6 Å². The molecule has 1 N–H and O–H groups in total. The maximum absolute atomic E-state index is 12.9. The molecule has 3 aromatic carbocycles. The van der Waals surface area contributed by atoms with Gasteiger partial charge in [-0.1, -0.05) is 78.4 Å². The van der Waals surface area contributed by atoms with Crippen molar-refractivity contribution in [2.75, 3.05) is 0 Å². The van der Waals surface area contributed by atoms with Crippen LogP contribution in [0.2, 0.25) is 0 Å². The molecule has 1 unspecified atom stereocenters. The lowest BCUT2D eigenvalue weighted by Crippen LogP contribution is -2.26. The fraction of sp³-hybridized carbons (Fsp3) is 0.130. The average molecular weight is 356 g/mol. The summed E-state index contributed by atoms with van der Waals surface area (Å²) in [6, 6.07) is 24.9. The third kappa shape index (κ3) is 3.39. The molecule has 1 heterocycles. The summed E-state index contributed by atoms with van der Waals surface area (Å²) in [5.74, 6) is 0. The number of rotatable bonds is 4. The van der Waals surface area contributed by atoms with Crippen molar-refractivity contribution in [3.8, 4) is 11.3 Å². The Labute approximate surface area is 157 Å². The zero-order valence-corrected chi connectivity index (χ0v) is 15.0. The van der Waals surface area contributed by atoms with Crippen molar-refractivity contribution in [3.63, 3.8) is 0 Å². The molecule has 4 nitrogen and oxygen atoms in total. The highest BCUT2D eigenvalue weighted by molar-refractivity contribution is 5.93. The first-order valence-electron chi connectivity index (χ1n) is 8.93. The van der Waals surface area contributed by atoms with Crippen LogP contribution in [0.5, 0.6) is 0 Å². The van der Waals surface area contributed by atoms with Gasteiger partial charge in [-0.2, -0.15) is 5.10 Å². The normalized spacial score (nSPS) is 12.2. The maximum atomic E-state index is 12.9. The second kappa shape index (κ2) is 7.17. The second-order valence-electron chi connectivity index (χ2n) is 6.67. The van der Waals surface area contributed by atoms with E-state index in [2.05, 4.69) is 5.10 Å². The van der Waals surface area contributed by atoms with Crippen LogP contribution >= 0.6 is 0 Å². The zero-order valence-electron chi connectivity index (χ0n) is 15.0. The fourth-order valence-electron chi connectivity index (χ4n) is 3.23. The Balaban J connectivity index is 1.85. The number of fused-ring (bicyclic) bond motifs is 1. The van der Waals surface area contributed by atoms with Gasteiger partial charge in [0.25, 0.3) is 5.56 Å². The minimum Gasteiger partial charge on any atom is -0.386 e. The van der Waals surface area contributed by atoms with Gasteiger partial charge in [0.05, 0.1) is 23.7 Å². The van der Waals surface area contributed by atoms with Crippen LogP contribution in [0.25, 0.3) is 22.0 Å². The Morgan fingerprint density at radius 1 is 0.889 bits per heavy atom. The Hall–Kier alpha value is -3.24. The average Bonchev–Trinajstić information content (AvgIpc) is 2.71. The van der Waals surface area contributed by atoms with E-state index in [1.807, 2.05) is 85.8 Å². The number of aromatic nitrogens is 2. The van der Waals surface area contributed by atoms with Gasteiger partial charge in [-0.25, -0.2) is 4.68 Å². The van der Waals surface area contributed by atoms with Crippen LogP contribution in [0.15, 0.2) is 83.7 Å². The lowest BCUT2D eigenvalue weighted by molar-refractivity contribution is 0.150. The monoisotopic (exact) mass is 356 g/mol. The van der Waals surface area contributed by atoms with Crippen molar-refractivity contribution in [1.82, 2.24) is 9.78 Å². The molecule has 0 bridgehead atoms. The molecule has 134 valence electrons. The van der Waals surface area contributed by atoms with Crippen LogP contribution in [0.4, 0.5) is 0 Å². The van der Waals surface area contributed by atoms with Crippen molar-refractivity contribution >= 4 is 10.8 Å². The molecule has 0 aliphatic heterocycles. The van der Waals surface area contributed by atoms with E-state index in [1.165, 1.54) is 4.68 Å². The maximum Gasteiger partial charge on any atom is 0.274 e. The van der Waals surface area contributed by atoms with E-state index >= 15 is 0 Å². The lowest BCUT2D eigenvalue weighted by atomic mass is 10.0. The Morgan fingerprint density at radius 3 is 2.22 bits per heavy atom. The number of aliphatic hydroxyl groups excluding tert-OH is 1. The predicted octanol–water partition coefficient (Wildman–Crippen LogP) is 4.11.